The predicted octanol–water partition coefficient (Wildman–Crippen LogP) is 4.32. The Kier molecular flexibility index (Phi) is 6.58. The number of hydrogen-bond acceptors (Lipinski definition) is 5. The number of carbonyl (C=O) groups excluding carboxylic acids is 1. The molecule has 0 saturated carbocycles. The molecule has 1 atom stereocenters. The molecule has 1 fully saturated rings. The topological polar surface area (TPSA) is 50.8 Å². The van der Waals surface area contributed by atoms with E-state index in [2.05, 4.69) is 22.3 Å². The van der Waals surface area contributed by atoms with Gasteiger partial charge < -0.3 is 19.7 Å². The summed E-state index contributed by atoms with van der Waals surface area (Å²) in [4.78, 5) is 13.9. The van der Waals surface area contributed by atoms with E-state index in [9.17, 15) is 4.79 Å². The minimum absolute atomic E-state index is 0.176. The molecule has 5 nitrogen and oxygen atoms in total. The summed E-state index contributed by atoms with van der Waals surface area (Å²) >= 11 is 7.50. The maximum Gasteiger partial charge on any atom is 0.338 e. The number of thiocarbonyl (C=S) groups is 1. The normalized spacial score (nSPS) is 16.1. The molecule has 27 heavy (non-hydrogen) atoms. The molecule has 1 saturated heterocycles. The van der Waals surface area contributed by atoms with Gasteiger partial charge in [0.25, 0.3) is 0 Å². The summed E-state index contributed by atoms with van der Waals surface area (Å²) in [6.07, 6.45) is 0. The summed E-state index contributed by atoms with van der Waals surface area (Å²) in [5.41, 5.74) is 2.57. The van der Waals surface area contributed by atoms with Crippen LogP contribution in [0.3, 0.4) is 0 Å². The monoisotopic (exact) mass is 402 g/mol. The van der Waals surface area contributed by atoms with Gasteiger partial charge in [-0.15, -0.1) is 11.8 Å². The van der Waals surface area contributed by atoms with E-state index in [0.717, 1.165) is 23.7 Å². The van der Waals surface area contributed by atoms with Crippen LogP contribution in [0, 0.1) is 0 Å². The number of esters is 1. The van der Waals surface area contributed by atoms with Crippen LogP contribution in [0.2, 0.25) is 0 Å². The van der Waals surface area contributed by atoms with Gasteiger partial charge in [0, 0.05) is 18.0 Å². The van der Waals surface area contributed by atoms with Crippen LogP contribution >= 0.6 is 24.0 Å². The largest absolute Gasteiger partial charge is 0.497 e. The lowest BCUT2D eigenvalue weighted by atomic mass is 10.2. The molecule has 0 amide bonds. The van der Waals surface area contributed by atoms with Crippen LogP contribution in [0.15, 0.2) is 48.5 Å². The Bertz CT molecular complexity index is 794. The molecule has 0 aromatic heterocycles. The van der Waals surface area contributed by atoms with Gasteiger partial charge in [-0.3, -0.25) is 0 Å². The van der Waals surface area contributed by atoms with Crippen molar-refractivity contribution >= 4 is 40.7 Å². The third-order valence-electron chi connectivity index (χ3n) is 4.20. The lowest BCUT2D eigenvalue weighted by molar-refractivity contribution is 0.0526. The average Bonchev–Trinajstić information content (AvgIpc) is 3.19. The van der Waals surface area contributed by atoms with Crippen molar-refractivity contribution in [2.75, 3.05) is 31.3 Å². The molecule has 0 aliphatic carbocycles. The number of nitrogens with one attached hydrogen (secondary N) is 1. The first kappa shape index (κ1) is 19.5. The highest BCUT2D eigenvalue weighted by molar-refractivity contribution is 7.99. The van der Waals surface area contributed by atoms with E-state index in [1.165, 1.54) is 5.56 Å². The molecule has 1 unspecified atom stereocenters. The summed E-state index contributed by atoms with van der Waals surface area (Å²) in [5, 5.41) is 4.12. The van der Waals surface area contributed by atoms with Gasteiger partial charge in [0.05, 0.1) is 19.3 Å². The van der Waals surface area contributed by atoms with Crippen molar-refractivity contribution in [3.05, 3.63) is 59.7 Å². The Morgan fingerprint density at radius 3 is 2.56 bits per heavy atom. The summed E-state index contributed by atoms with van der Waals surface area (Å²) in [5.74, 6) is 1.54. The van der Waals surface area contributed by atoms with Crippen LogP contribution in [0.4, 0.5) is 5.69 Å². The summed E-state index contributed by atoms with van der Waals surface area (Å²) < 4.78 is 10.2. The second kappa shape index (κ2) is 9.10. The molecule has 0 radical (unpaired) electrons. The standard InChI is InChI=1S/C20H22N2O3S2/c1-3-25-19(23)15-4-8-16(9-5-15)21-20(26)22-12-13-27-18(22)14-6-10-17(24-2)11-7-14/h4-11,18H,3,12-13H2,1-2H3,(H,21,26). The molecule has 2 aromatic carbocycles. The van der Waals surface area contributed by atoms with E-state index < -0.39 is 0 Å². The molecule has 3 rings (SSSR count). The molecule has 1 N–H and O–H groups in total. The zero-order chi connectivity index (χ0) is 19.2. The fourth-order valence-electron chi connectivity index (χ4n) is 2.82. The van der Waals surface area contributed by atoms with Gasteiger partial charge in [0.1, 0.15) is 11.1 Å². The number of hydrogen-bond donors (Lipinski definition) is 1. The minimum Gasteiger partial charge on any atom is -0.497 e. The zero-order valence-electron chi connectivity index (χ0n) is 15.3. The summed E-state index contributed by atoms with van der Waals surface area (Å²) in [6.45, 7) is 3.04. The maximum absolute atomic E-state index is 11.7. The highest BCUT2D eigenvalue weighted by Crippen LogP contribution is 2.38. The second-order valence-electron chi connectivity index (χ2n) is 5.92. The van der Waals surface area contributed by atoms with Gasteiger partial charge in [0.2, 0.25) is 0 Å². The van der Waals surface area contributed by atoms with Crippen molar-refractivity contribution in [2.45, 2.75) is 12.3 Å². The molecule has 2 aromatic rings. The molecule has 1 aliphatic heterocycles. The first-order valence-electron chi connectivity index (χ1n) is 8.72. The van der Waals surface area contributed by atoms with E-state index >= 15 is 0 Å². The first-order chi connectivity index (χ1) is 13.1. The molecule has 142 valence electrons. The Morgan fingerprint density at radius 2 is 1.93 bits per heavy atom. The molecular formula is C20H22N2O3S2. The van der Waals surface area contributed by atoms with Crippen molar-refractivity contribution in [2.24, 2.45) is 0 Å². The molecule has 1 aliphatic rings. The minimum atomic E-state index is -0.317. The Morgan fingerprint density at radius 1 is 1.22 bits per heavy atom. The number of benzene rings is 2. The average molecular weight is 403 g/mol. The van der Waals surface area contributed by atoms with E-state index in [1.54, 1.807) is 26.2 Å². The van der Waals surface area contributed by atoms with E-state index in [-0.39, 0.29) is 11.3 Å². The van der Waals surface area contributed by atoms with Crippen LogP contribution in [-0.2, 0) is 4.74 Å². The lowest BCUT2D eigenvalue weighted by Gasteiger charge is -2.27. The maximum atomic E-state index is 11.7. The SMILES string of the molecule is CCOC(=O)c1ccc(NC(=S)N2CCSC2c2ccc(OC)cc2)cc1. The smallest absolute Gasteiger partial charge is 0.338 e. The fourth-order valence-corrected chi connectivity index (χ4v) is 4.47. The van der Waals surface area contributed by atoms with Crippen LogP contribution in [0.1, 0.15) is 28.2 Å². The predicted molar refractivity (Wildman–Crippen MR) is 114 cm³/mol. The van der Waals surface area contributed by atoms with Crippen LogP contribution in [0.25, 0.3) is 0 Å². The lowest BCUT2D eigenvalue weighted by Crippen LogP contribution is -2.34. The van der Waals surface area contributed by atoms with Crippen molar-refractivity contribution in [3.63, 3.8) is 0 Å². The summed E-state index contributed by atoms with van der Waals surface area (Å²) in [6, 6.07) is 15.2. The number of rotatable bonds is 5. The molecular weight excluding hydrogens is 380 g/mol. The fraction of sp³-hybridized carbons (Fsp3) is 0.300. The van der Waals surface area contributed by atoms with Crippen molar-refractivity contribution < 1.29 is 14.3 Å². The van der Waals surface area contributed by atoms with Crippen LogP contribution in [0.5, 0.6) is 5.75 Å². The molecule has 7 heteroatoms. The highest BCUT2D eigenvalue weighted by Gasteiger charge is 2.28. The van der Waals surface area contributed by atoms with Crippen LogP contribution < -0.4 is 10.1 Å². The molecule has 0 bridgehead atoms. The molecule has 0 spiro atoms. The number of nitrogens with zero attached hydrogens (tertiary/aromatic N) is 1. The van der Waals surface area contributed by atoms with E-state index in [4.69, 9.17) is 21.7 Å². The number of ether oxygens (including phenoxy) is 2. The van der Waals surface area contributed by atoms with Crippen molar-refractivity contribution in [3.8, 4) is 5.75 Å². The van der Waals surface area contributed by atoms with Crippen molar-refractivity contribution in [1.29, 1.82) is 0 Å². The summed E-state index contributed by atoms with van der Waals surface area (Å²) in [7, 11) is 1.66. The Balaban J connectivity index is 1.66. The molecule has 1 heterocycles. The third-order valence-corrected chi connectivity index (χ3v) is 5.80. The van der Waals surface area contributed by atoms with Gasteiger partial charge >= 0.3 is 5.97 Å². The number of methoxy groups -OCH3 is 1. The Labute approximate surface area is 169 Å². The van der Waals surface area contributed by atoms with E-state index in [1.807, 2.05) is 36.0 Å². The number of carbonyl (C=O) groups is 1. The quantitative estimate of drug-likeness (QED) is 0.590. The van der Waals surface area contributed by atoms with Gasteiger partial charge in [-0.05, 0) is 61.1 Å². The van der Waals surface area contributed by atoms with Gasteiger partial charge in [0.15, 0.2) is 5.11 Å². The second-order valence-corrected chi connectivity index (χ2v) is 7.49. The van der Waals surface area contributed by atoms with Gasteiger partial charge in [-0.25, -0.2) is 4.79 Å². The van der Waals surface area contributed by atoms with Crippen LogP contribution in [-0.4, -0.2) is 42.0 Å². The van der Waals surface area contributed by atoms with Gasteiger partial charge in [-0.1, -0.05) is 12.1 Å². The van der Waals surface area contributed by atoms with E-state index in [0.29, 0.717) is 17.3 Å². The Hall–Kier alpha value is -2.25. The number of anilines is 1. The third kappa shape index (κ3) is 4.73. The zero-order valence-corrected chi connectivity index (χ0v) is 16.9. The highest BCUT2D eigenvalue weighted by atomic mass is 32.2. The number of thioether (sulfide) groups is 1. The van der Waals surface area contributed by atoms with Crippen molar-refractivity contribution in [1.82, 2.24) is 4.90 Å². The van der Waals surface area contributed by atoms with Gasteiger partial charge in [-0.2, -0.15) is 0 Å². The first-order valence-corrected chi connectivity index (χ1v) is 10.2.